The van der Waals surface area contributed by atoms with Gasteiger partial charge in [-0.15, -0.1) is 0 Å². The van der Waals surface area contributed by atoms with Gasteiger partial charge < -0.3 is 11.1 Å². The maximum atomic E-state index is 12.4. The molecule has 1 heterocycles. The summed E-state index contributed by atoms with van der Waals surface area (Å²) in [5.41, 5.74) is 4.50. The van der Waals surface area contributed by atoms with Crippen LogP contribution in [0, 0.1) is 0 Å². The summed E-state index contributed by atoms with van der Waals surface area (Å²) in [7, 11) is 0. The van der Waals surface area contributed by atoms with Gasteiger partial charge >= 0.3 is 6.18 Å². The summed E-state index contributed by atoms with van der Waals surface area (Å²) in [6.45, 7) is 1.25. The van der Waals surface area contributed by atoms with Crippen LogP contribution in [0.1, 0.15) is 24.8 Å². The Morgan fingerprint density at radius 2 is 2.00 bits per heavy atom. The SMILES string of the molecule is NCCCCCNc1ncc(C(F)(F)F)cc1Cl. The van der Waals surface area contributed by atoms with E-state index in [4.69, 9.17) is 17.3 Å². The Labute approximate surface area is 109 Å². The number of anilines is 1. The average Bonchev–Trinajstić information content (AvgIpc) is 2.29. The van der Waals surface area contributed by atoms with E-state index in [0.717, 1.165) is 31.5 Å². The topological polar surface area (TPSA) is 50.9 Å². The highest BCUT2D eigenvalue weighted by molar-refractivity contribution is 6.32. The third-order valence-corrected chi connectivity index (χ3v) is 2.63. The van der Waals surface area contributed by atoms with E-state index in [1.165, 1.54) is 0 Å². The van der Waals surface area contributed by atoms with Gasteiger partial charge in [-0.25, -0.2) is 4.98 Å². The lowest BCUT2D eigenvalue weighted by Gasteiger charge is -2.10. The quantitative estimate of drug-likeness (QED) is 0.787. The van der Waals surface area contributed by atoms with Crippen molar-refractivity contribution in [1.29, 1.82) is 0 Å². The monoisotopic (exact) mass is 281 g/mol. The van der Waals surface area contributed by atoms with Crippen molar-refractivity contribution in [2.75, 3.05) is 18.4 Å². The van der Waals surface area contributed by atoms with Gasteiger partial charge in [-0.3, -0.25) is 0 Å². The molecule has 0 fully saturated rings. The molecule has 0 aliphatic rings. The molecule has 0 radical (unpaired) electrons. The number of rotatable bonds is 6. The van der Waals surface area contributed by atoms with Crippen LogP contribution in [-0.4, -0.2) is 18.1 Å². The zero-order valence-electron chi connectivity index (χ0n) is 9.73. The van der Waals surface area contributed by atoms with Crippen LogP contribution in [0.3, 0.4) is 0 Å². The first kappa shape index (κ1) is 15.0. The molecule has 0 bridgehead atoms. The van der Waals surface area contributed by atoms with Gasteiger partial charge in [0, 0.05) is 12.7 Å². The Kier molecular flexibility index (Phi) is 5.68. The number of hydrogen-bond donors (Lipinski definition) is 2. The maximum Gasteiger partial charge on any atom is 0.417 e. The molecular weight excluding hydrogens is 267 g/mol. The molecule has 0 aromatic carbocycles. The minimum absolute atomic E-state index is 0.0244. The highest BCUT2D eigenvalue weighted by Crippen LogP contribution is 2.32. The van der Waals surface area contributed by atoms with Gasteiger partial charge in [0.1, 0.15) is 5.82 Å². The fraction of sp³-hybridized carbons (Fsp3) is 0.545. The molecule has 1 rings (SSSR count). The largest absolute Gasteiger partial charge is 0.417 e. The second kappa shape index (κ2) is 6.80. The Balaban J connectivity index is 2.53. The number of nitrogens with two attached hydrogens (primary N) is 1. The minimum atomic E-state index is -4.42. The lowest BCUT2D eigenvalue weighted by molar-refractivity contribution is -0.137. The highest BCUT2D eigenvalue weighted by Gasteiger charge is 2.31. The molecule has 1 aromatic heterocycles. The predicted octanol–water partition coefficient (Wildman–Crippen LogP) is 3.29. The molecule has 0 aliphatic carbocycles. The van der Waals surface area contributed by atoms with Gasteiger partial charge in [0.25, 0.3) is 0 Å². The van der Waals surface area contributed by atoms with E-state index in [1.807, 2.05) is 0 Å². The van der Waals surface area contributed by atoms with Crippen LogP contribution in [0.2, 0.25) is 5.02 Å². The standard InChI is InChI=1S/C11H15ClF3N3/c12-9-6-8(11(13,14)15)7-18-10(9)17-5-3-1-2-4-16/h6-7H,1-5,16H2,(H,17,18). The fourth-order valence-corrected chi connectivity index (χ4v) is 1.61. The van der Waals surface area contributed by atoms with Crippen molar-refractivity contribution in [3.63, 3.8) is 0 Å². The molecule has 3 nitrogen and oxygen atoms in total. The lowest BCUT2D eigenvalue weighted by Crippen LogP contribution is -2.09. The van der Waals surface area contributed by atoms with Crippen LogP contribution >= 0.6 is 11.6 Å². The van der Waals surface area contributed by atoms with Crippen molar-refractivity contribution in [2.45, 2.75) is 25.4 Å². The number of pyridine rings is 1. The summed E-state index contributed by atoms with van der Waals surface area (Å²) in [5, 5.41) is 2.87. The van der Waals surface area contributed by atoms with Crippen LogP contribution in [-0.2, 0) is 6.18 Å². The first-order valence-electron chi connectivity index (χ1n) is 5.62. The van der Waals surface area contributed by atoms with Gasteiger partial charge in [-0.05, 0) is 25.5 Å². The van der Waals surface area contributed by atoms with Gasteiger partial charge in [-0.1, -0.05) is 18.0 Å². The summed E-state index contributed by atoms with van der Waals surface area (Å²) in [6.07, 6.45) is -0.891. The number of halogens is 4. The van der Waals surface area contributed by atoms with Gasteiger partial charge in [0.2, 0.25) is 0 Å². The van der Waals surface area contributed by atoms with Crippen molar-refractivity contribution >= 4 is 17.4 Å². The zero-order valence-corrected chi connectivity index (χ0v) is 10.5. The van der Waals surface area contributed by atoms with Crippen molar-refractivity contribution in [1.82, 2.24) is 4.98 Å². The molecule has 18 heavy (non-hydrogen) atoms. The smallest absolute Gasteiger partial charge is 0.369 e. The number of alkyl halides is 3. The van der Waals surface area contributed by atoms with E-state index >= 15 is 0 Å². The number of hydrogen-bond acceptors (Lipinski definition) is 3. The molecule has 0 amide bonds. The molecular formula is C11H15ClF3N3. The average molecular weight is 282 g/mol. The summed E-state index contributed by atoms with van der Waals surface area (Å²) in [6, 6.07) is 0.872. The third kappa shape index (κ3) is 4.70. The molecule has 0 unspecified atom stereocenters. The van der Waals surface area contributed by atoms with Crippen molar-refractivity contribution < 1.29 is 13.2 Å². The minimum Gasteiger partial charge on any atom is -0.369 e. The van der Waals surface area contributed by atoms with E-state index in [0.29, 0.717) is 13.1 Å². The first-order valence-corrected chi connectivity index (χ1v) is 5.99. The van der Waals surface area contributed by atoms with E-state index in [-0.39, 0.29) is 10.8 Å². The van der Waals surface area contributed by atoms with E-state index < -0.39 is 11.7 Å². The summed E-state index contributed by atoms with van der Waals surface area (Å²) in [4.78, 5) is 3.67. The lowest BCUT2D eigenvalue weighted by atomic mass is 10.2. The Bertz CT molecular complexity index is 382. The molecule has 0 spiro atoms. The Morgan fingerprint density at radius 3 is 2.56 bits per heavy atom. The normalized spacial score (nSPS) is 11.6. The van der Waals surface area contributed by atoms with E-state index in [9.17, 15) is 13.2 Å². The molecule has 0 saturated carbocycles. The highest BCUT2D eigenvalue weighted by atomic mass is 35.5. The van der Waals surface area contributed by atoms with Crippen LogP contribution in [0.4, 0.5) is 19.0 Å². The Morgan fingerprint density at radius 1 is 1.28 bits per heavy atom. The molecule has 1 aromatic rings. The van der Waals surface area contributed by atoms with Crippen LogP contribution in [0.25, 0.3) is 0 Å². The van der Waals surface area contributed by atoms with Crippen molar-refractivity contribution in [2.24, 2.45) is 5.73 Å². The van der Waals surface area contributed by atoms with E-state index in [2.05, 4.69) is 10.3 Å². The second-order valence-electron chi connectivity index (χ2n) is 3.83. The number of aromatic nitrogens is 1. The molecule has 0 saturated heterocycles. The summed E-state index contributed by atoms with van der Waals surface area (Å²) < 4.78 is 37.1. The van der Waals surface area contributed by atoms with Crippen LogP contribution in [0.15, 0.2) is 12.3 Å². The van der Waals surface area contributed by atoms with Crippen molar-refractivity contribution in [3.05, 3.63) is 22.8 Å². The summed E-state index contributed by atoms with van der Waals surface area (Å²) in [5.74, 6) is 0.275. The van der Waals surface area contributed by atoms with Gasteiger partial charge in [-0.2, -0.15) is 13.2 Å². The second-order valence-corrected chi connectivity index (χ2v) is 4.24. The molecule has 0 atom stereocenters. The summed E-state index contributed by atoms with van der Waals surface area (Å²) >= 11 is 5.73. The van der Waals surface area contributed by atoms with Gasteiger partial charge in [0.05, 0.1) is 10.6 Å². The zero-order chi connectivity index (χ0) is 13.6. The number of nitrogens with one attached hydrogen (secondary N) is 1. The predicted molar refractivity (Wildman–Crippen MR) is 65.6 cm³/mol. The molecule has 7 heteroatoms. The Hall–Kier alpha value is -1.01. The number of nitrogens with zero attached hydrogens (tertiary/aromatic N) is 1. The van der Waals surface area contributed by atoms with Crippen molar-refractivity contribution in [3.8, 4) is 0 Å². The molecule has 0 aliphatic heterocycles. The van der Waals surface area contributed by atoms with Crippen LogP contribution in [0.5, 0.6) is 0 Å². The third-order valence-electron chi connectivity index (χ3n) is 2.34. The molecule has 3 N–H and O–H groups in total. The van der Waals surface area contributed by atoms with E-state index in [1.54, 1.807) is 0 Å². The fourth-order valence-electron chi connectivity index (χ4n) is 1.38. The van der Waals surface area contributed by atoms with Gasteiger partial charge in [0.15, 0.2) is 0 Å². The molecule has 102 valence electrons. The maximum absolute atomic E-state index is 12.4. The first-order chi connectivity index (χ1) is 8.45. The number of unbranched alkanes of at least 4 members (excludes halogenated alkanes) is 2. The van der Waals surface area contributed by atoms with Crippen LogP contribution < -0.4 is 11.1 Å².